The molecular formula is C18H15FN4O2S. The van der Waals surface area contributed by atoms with Crippen LogP contribution in [-0.2, 0) is 4.79 Å². The summed E-state index contributed by atoms with van der Waals surface area (Å²) >= 11 is 1.25. The second-order valence-corrected chi connectivity index (χ2v) is 6.35. The van der Waals surface area contributed by atoms with Crippen molar-refractivity contribution in [1.29, 1.82) is 0 Å². The van der Waals surface area contributed by atoms with Gasteiger partial charge in [-0.05, 0) is 54.1 Å². The molecule has 0 saturated heterocycles. The lowest BCUT2D eigenvalue weighted by molar-refractivity contribution is -0.113. The van der Waals surface area contributed by atoms with Gasteiger partial charge in [0, 0.05) is 11.3 Å². The number of carbonyl (C=O) groups excluding carboxylic acids is 2. The third-order valence-electron chi connectivity index (χ3n) is 3.50. The number of primary amides is 1. The van der Waals surface area contributed by atoms with E-state index in [4.69, 9.17) is 5.73 Å². The minimum atomic E-state index is -0.520. The van der Waals surface area contributed by atoms with Gasteiger partial charge in [0.2, 0.25) is 11.8 Å². The number of nitrogens with one attached hydrogen (secondary N) is 2. The highest BCUT2D eigenvalue weighted by atomic mass is 32.2. The van der Waals surface area contributed by atoms with Crippen LogP contribution in [0.5, 0.6) is 0 Å². The minimum Gasteiger partial charge on any atom is -0.366 e. The molecule has 3 aromatic rings. The molecule has 132 valence electrons. The van der Waals surface area contributed by atoms with Gasteiger partial charge in [-0.1, -0.05) is 11.8 Å². The maximum atomic E-state index is 13.0. The normalized spacial score (nSPS) is 10.5. The molecule has 0 aliphatic heterocycles. The van der Waals surface area contributed by atoms with E-state index in [0.29, 0.717) is 16.4 Å². The Balaban J connectivity index is 1.54. The van der Waals surface area contributed by atoms with Crippen LogP contribution < -0.4 is 11.1 Å². The molecule has 0 saturated carbocycles. The summed E-state index contributed by atoms with van der Waals surface area (Å²) < 4.78 is 13.0. The van der Waals surface area contributed by atoms with Gasteiger partial charge in [0.15, 0.2) is 5.16 Å². The van der Waals surface area contributed by atoms with Crippen molar-refractivity contribution in [3.63, 3.8) is 0 Å². The fourth-order valence-corrected chi connectivity index (χ4v) is 2.85. The quantitative estimate of drug-likeness (QED) is 0.581. The molecule has 2 aromatic carbocycles. The Bertz CT molecular complexity index is 923. The molecule has 0 spiro atoms. The van der Waals surface area contributed by atoms with Gasteiger partial charge in [0.1, 0.15) is 5.82 Å². The number of nitrogens with zero attached hydrogens (tertiary/aromatic N) is 1. The zero-order chi connectivity index (χ0) is 18.5. The summed E-state index contributed by atoms with van der Waals surface area (Å²) in [6, 6.07) is 12.4. The third-order valence-corrected chi connectivity index (χ3v) is 4.39. The van der Waals surface area contributed by atoms with Crippen molar-refractivity contribution in [2.45, 2.75) is 5.16 Å². The molecule has 0 unspecified atom stereocenters. The Labute approximate surface area is 153 Å². The summed E-state index contributed by atoms with van der Waals surface area (Å²) in [6.07, 6.45) is 1.63. The average molecular weight is 370 g/mol. The highest BCUT2D eigenvalue weighted by Gasteiger charge is 2.08. The smallest absolute Gasteiger partial charge is 0.248 e. The van der Waals surface area contributed by atoms with Gasteiger partial charge in [-0.3, -0.25) is 9.59 Å². The van der Waals surface area contributed by atoms with Gasteiger partial charge in [-0.25, -0.2) is 9.37 Å². The van der Waals surface area contributed by atoms with E-state index in [1.807, 2.05) is 0 Å². The molecule has 26 heavy (non-hydrogen) atoms. The number of halogens is 1. The zero-order valence-electron chi connectivity index (χ0n) is 13.5. The third kappa shape index (κ3) is 4.48. The number of imidazole rings is 1. The molecular weight excluding hydrogens is 355 g/mol. The summed E-state index contributed by atoms with van der Waals surface area (Å²) in [7, 11) is 0. The Morgan fingerprint density at radius 3 is 2.46 bits per heavy atom. The van der Waals surface area contributed by atoms with Crippen LogP contribution in [0.2, 0.25) is 0 Å². The number of H-pyrrole nitrogens is 1. The molecule has 8 heteroatoms. The standard InChI is InChI=1S/C18H15FN4O2S/c19-13-5-1-11(2-6-13)15-9-21-18(23-15)26-10-16(24)22-14-7-3-12(4-8-14)17(20)25/h1-9H,10H2,(H2,20,25)(H,21,23)(H,22,24). The van der Waals surface area contributed by atoms with E-state index in [1.165, 1.54) is 23.9 Å². The lowest BCUT2D eigenvalue weighted by Gasteiger charge is -2.05. The topological polar surface area (TPSA) is 101 Å². The lowest BCUT2D eigenvalue weighted by atomic mass is 10.2. The molecule has 6 nitrogen and oxygen atoms in total. The van der Waals surface area contributed by atoms with Crippen molar-refractivity contribution in [2.24, 2.45) is 5.73 Å². The number of rotatable bonds is 6. The Morgan fingerprint density at radius 2 is 1.81 bits per heavy atom. The van der Waals surface area contributed by atoms with Crippen molar-refractivity contribution in [3.8, 4) is 11.3 Å². The maximum Gasteiger partial charge on any atom is 0.248 e. The van der Waals surface area contributed by atoms with Gasteiger partial charge in [-0.2, -0.15) is 0 Å². The molecule has 0 radical (unpaired) electrons. The van der Waals surface area contributed by atoms with Crippen molar-refractivity contribution in [3.05, 3.63) is 66.1 Å². The fraction of sp³-hybridized carbons (Fsp3) is 0.0556. The average Bonchev–Trinajstić information content (AvgIpc) is 3.10. The summed E-state index contributed by atoms with van der Waals surface area (Å²) in [6.45, 7) is 0. The molecule has 1 heterocycles. The van der Waals surface area contributed by atoms with E-state index in [0.717, 1.165) is 11.3 Å². The van der Waals surface area contributed by atoms with E-state index < -0.39 is 5.91 Å². The summed E-state index contributed by atoms with van der Waals surface area (Å²) in [5.74, 6) is -0.869. The number of thioether (sulfide) groups is 1. The van der Waals surface area contributed by atoms with Crippen molar-refractivity contribution >= 4 is 29.3 Å². The number of benzene rings is 2. The van der Waals surface area contributed by atoms with Crippen molar-refractivity contribution < 1.29 is 14.0 Å². The second kappa shape index (κ2) is 7.83. The van der Waals surface area contributed by atoms with Gasteiger partial charge in [0.05, 0.1) is 17.6 Å². The van der Waals surface area contributed by atoms with Crippen LogP contribution in [0.25, 0.3) is 11.3 Å². The first-order valence-corrected chi connectivity index (χ1v) is 8.63. The molecule has 1 aromatic heterocycles. The second-order valence-electron chi connectivity index (χ2n) is 5.39. The SMILES string of the molecule is NC(=O)c1ccc(NC(=O)CSc2ncc(-c3ccc(F)cc3)[nH]2)cc1. The van der Waals surface area contributed by atoms with Crippen molar-refractivity contribution in [1.82, 2.24) is 9.97 Å². The van der Waals surface area contributed by atoms with Gasteiger partial charge >= 0.3 is 0 Å². The lowest BCUT2D eigenvalue weighted by Crippen LogP contribution is -2.15. The van der Waals surface area contributed by atoms with E-state index in [-0.39, 0.29) is 17.5 Å². The van der Waals surface area contributed by atoms with Crippen LogP contribution in [0, 0.1) is 5.82 Å². The van der Waals surface area contributed by atoms with E-state index in [1.54, 1.807) is 42.6 Å². The van der Waals surface area contributed by atoms with E-state index in [2.05, 4.69) is 15.3 Å². The number of nitrogens with two attached hydrogens (primary N) is 1. The molecule has 0 bridgehead atoms. The molecule has 3 rings (SSSR count). The molecule has 0 aliphatic rings. The Kier molecular flexibility index (Phi) is 5.33. The predicted octanol–water partition coefficient (Wildman–Crippen LogP) is 3.05. The number of hydrogen-bond donors (Lipinski definition) is 3. The van der Waals surface area contributed by atoms with Gasteiger partial charge in [-0.15, -0.1) is 0 Å². The molecule has 4 N–H and O–H groups in total. The maximum absolute atomic E-state index is 13.0. The first-order chi connectivity index (χ1) is 12.5. The largest absolute Gasteiger partial charge is 0.366 e. The first-order valence-electron chi connectivity index (χ1n) is 7.65. The number of carbonyl (C=O) groups is 2. The molecule has 0 aliphatic carbocycles. The highest BCUT2D eigenvalue weighted by Crippen LogP contribution is 2.22. The molecule has 2 amide bonds. The minimum absolute atomic E-state index is 0.161. The number of amides is 2. The summed E-state index contributed by atoms with van der Waals surface area (Å²) in [5.41, 5.74) is 7.68. The van der Waals surface area contributed by atoms with E-state index >= 15 is 0 Å². The molecule has 0 atom stereocenters. The monoisotopic (exact) mass is 370 g/mol. The van der Waals surface area contributed by atoms with Crippen LogP contribution in [-0.4, -0.2) is 27.5 Å². The van der Waals surface area contributed by atoms with Crippen LogP contribution in [0.15, 0.2) is 59.9 Å². The van der Waals surface area contributed by atoms with Gasteiger partial charge < -0.3 is 16.0 Å². The van der Waals surface area contributed by atoms with Crippen molar-refractivity contribution in [2.75, 3.05) is 11.1 Å². The zero-order valence-corrected chi connectivity index (χ0v) is 14.3. The predicted molar refractivity (Wildman–Crippen MR) is 98.3 cm³/mol. The van der Waals surface area contributed by atoms with Crippen LogP contribution in [0.1, 0.15) is 10.4 Å². The number of aromatic amines is 1. The Morgan fingerprint density at radius 1 is 1.12 bits per heavy atom. The number of aromatic nitrogens is 2. The highest BCUT2D eigenvalue weighted by molar-refractivity contribution is 7.99. The van der Waals surface area contributed by atoms with Crippen LogP contribution >= 0.6 is 11.8 Å². The van der Waals surface area contributed by atoms with E-state index in [9.17, 15) is 14.0 Å². The van der Waals surface area contributed by atoms with Gasteiger partial charge in [0.25, 0.3) is 0 Å². The Hall–Kier alpha value is -3.13. The first kappa shape index (κ1) is 17.7. The van der Waals surface area contributed by atoms with Crippen LogP contribution in [0.4, 0.5) is 10.1 Å². The summed E-state index contributed by atoms with van der Waals surface area (Å²) in [5, 5.41) is 3.31. The molecule has 0 fully saturated rings. The fourth-order valence-electron chi connectivity index (χ4n) is 2.20. The summed E-state index contributed by atoms with van der Waals surface area (Å²) in [4.78, 5) is 30.3. The number of hydrogen-bond acceptors (Lipinski definition) is 4. The number of anilines is 1. The van der Waals surface area contributed by atoms with Crippen LogP contribution in [0.3, 0.4) is 0 Å².